The first-order valence-corrected chi connectivity index (χ1v) is 6.87. The Bertz CT molecular complexity index is 464. The first kappa shape index (κ1) is 12.5. The zero-order valence-corrected chi connectivity index (χ0v) is 11.5. The molecule has 2 fully saturated rings. The Morgan fingerprint density at radius 1 is 1.44 bits per heavy atom. The van der Waals surface area contributed by atoms with Crippen molar-refractivity contribution in [3.63, 3.8) is 0 Å². The molecule has 2 aliphatic rings. The van der Waals surface area contributed by atoms with Crippen LogP contribution in [0.15, 0.2) is 22.7 Å². The zero-order valence-electron chi connectivity index (χ0n) is 9.90. The van der Waals surface area contributed by atoms with Gasteiger partial charge in [-0.05, 0) is 24.6 Å². The third-order valence-electron chi connectivity index (χ3n) is 3.88. The largest absolute Gasteiger partial charge is 0.392 e. The molecule has 1 aromatic carbocycles. The van der Waals surface area contributed by atoms with Crippen LogP contribution in [0, 0.1) is 5.82 Å². The SMILES string of the molecule is OC1CCN(C2(c3cc(Br)ccc3F)COC2)C1. The number of nitrogens with zero attached hydrogens (tertiary/aromatic N) is 1. The van der Waals surface area contributed by atoms with Gasteiger partial charge < -0.3 is 9.84 Å². The maximum Gasteiger partial charge on any atom is 0.128 e. The summed E-state index contributed by atoms with van der Waals surface area (Å²) in [5.41, 5.74) is 0.267. The Labute approximate surface area is 114 Å². The molecule has 0 amide bonds. The highest BCUT2D eigenvalue weighted by molar-refractivity contribution is 9.10. The summed E-state index contributed by atoms with van der Waals surface area (Å²) in [5.74, 6) is -0.206. The Morgan fingerprint density at radius 3 is 2.78 bits per heavy atom. The van der Waals surface area contributed by atoms with Gasteiger partial charge in [-0.15, -0.1) is 0 Å². The number of β-amino-alcohol motifs (C(OH)–C–C–N with tert-alkyl or cyclic N) is 1. The first-order chi connectivity index (χ1) is 8.62. The highest BCUT2D eigenvalue weighted by Crippen LogP contribution is 2.40. The molecule has 0 aliphatic carbocycles. The van der Waals surface area contributed by atoms with E-state index in [1.165, 1.54) is 6.07 Å². The van der Waals surface area contributed by atoms with Crippen LogP contribution in [0.25, 0.3) is 0 Å². The van der Waals surface area contributed by atoms with Crippen LogP contribution < -0.4 is 0 Å². The number of hydrogen-bond donors (Lipinski definition) is 1. The van der Waals surface area contributed by atoms with Crippen LogP contribution in [0.2, 0.25) is 0 Å². The average molecular weight is 316 g/mol. The topological polar surface area (TPSA) is 32.7 Å². The molecule has 0 saturated carbocycles. The number of hydrogen-bond acceptors (Lipinski definition) is 3. The number of rotatable bonds is 2. The summed E-state index contributed by atoms with van der Waals surface area (Å²) in [7, 11) is 0. The lowest BCUT2D eigenvalue weighted by atomic mass is 9.86. The van der Waals surface area contributed by atoms with Crippen LogP contribution in [0.1, 0.15) is 12.0 Å². The van der Waals surface area contributed by atoms with E-state index in [-0.39, 0.29) is 11.9 Å². The van der Waals surface area contributed by atoms with Gasteiger partial charge in [0.1, 0.15) is 5.82 Å². The zero-order chi connectivity index (χ0) is 12.8. The summed E-state index contributed by atoms with van der Waals surface area (Å²) in [6, 6.07) is 5.00. The van der Waals surface area contributed by atoms with Gasteiger partial charge >= 0.3 is 0 Å². The summed E-state index contributed by atoms with van der Waals surface area (Å²) >= 11 is 3.39. The van der Waals surface area contributed by atoms with Crippen LogP contribution in [0.5, 0.6) is 0 Å². The molecule has 1 N–H and O–H groups in total. The summed E-state index contributed by atoms with van der Waals surface area (Å²) in [6.07, 6.45) is 0.440. The Hall–Kier alpha value is -0.490. The Morgan fingerprint density at radius 2 is 2.22 bits per heavy atom. The first-order valence-electron chi connectivity index (χ1n) is 6.08. The summed E-state index contributed by atoms with van der Waals surface area (Å²) in [4.78, 5) is 2.14. The fourth-order valence-corrected chi connectivity index (χ4v) is 3.15. The number of aliphatic hydroxyl groups is 1. The van der Waals surface area contributed by atoms with E-state index in [1.807, 2.05) is 6.07 Å². The van der Waals surface area contributed by atoms with E-state index in [0.717, 1.165) is 17.4 Å². The second-order valence-electron chi connectivity index (χ2n) is 5.04. The quantitative estimate of drug-likeness (QED) is 0.904. The van der Waals surface area contributed by atoms with Gasteiger partial charge in [0.05, 0.1) is 24.9 Å². The van der Waals surface area contributed by atoms with Crippen LogP contribution >= 0.6 is 15.9 Å². The fourth-order valence-electron chi connectivity index (χ4n) is 2.79. The van der Waals surface area contributed by atoms with Gasteiger partial charge in [-0.1, -0.05) is 15.9 Å². The van der Waals surface area contributed by atoms with E-state index in [9.17, 15) is 9.50 Å². The fraction of sp³-hybridized carbons (Fsp3) is 0.538. The minimum Gasteiger partial charge on any atom is -0.392 e. The standard InChI is InChI=1S/C13H15BrFNO2/c14-9-1-2-12(15)11(5-9)13(7-18-8-13)16-4-3-10(17)6-16/h1-2,5,10,17H,3-4,6-8H2. The van der Waals surface area contributed by atoms with E-state index < -0.39 is 5.54 Å². The lowest BCUT2D eigenvalue weighted by molar-refractivity contribution is -0.143. The maximum absolute atomic E-state index is 14.1. The Kier molecular flexibility index (Phi) is 3.18. The molecule has 1 atom stereocenters. The van der Waals surface area contributed by atoms with Crippen molar-refractivity contribution in [2.24, 2.45) is 0 Å². The van der Waals surface area contributed by atoms with Crippen molar-refractivity contribution in [2.45, 2.75) is 18.1 Å². The lowest BCUT2D eigenvalue weighted by Gasteiger charge is -2.48. The van der Waals surface area contributed by atoms with Crippen molar-refractivity contribution in [1.29, 1.82) is 0 Å². The molecule has 2 saturated heterocycles. The van der Waals surface area contributed by atoms with Crippen molar-refractivity contribution in [3.8, 4) is 0 Å². The van der Waals surface area contributed by atoms with Crippen molar-refractivity contribution >= 4 is 15.9 Å². The highest BCUT2D eigenvalue weighted by atomic mass is 79.9. The molecule has 3 rings (SSSR count). The third kappa shape index (κ3) is 1.90. The number of likely N-dealkylation sites (tertiary alicyclic amines) is 1. The summed E-state index contributed by atoms with van der Waals surface area (Å²) in [6.45, 7) is 2.37. The van der Waals surface area contributed by atoms with E-state index in [4.69, 9.17) is 4.74 Å². The predicted octanol–water partition coefficient (Wildman–Crippen LogP) is 1.88. The molecule has 98 valence electrons. The second kappa shape index (κ2) is 4.56. The molecule has 1 aromatic rings. The molecule has 0 bridgehead atoms. The summed E-state index contributed by atoms with van der Waals surface area (Å²) in [5, 5.41) is 9.67. The van der Waals surface area contributed by atoms with Crippen LogP contribution in [-0.2, 0) is 10.3 Å². The van der Waals surface area contributed by atoms with Crippen LogP contribution in [0.4, 0.5) is 4.39 Å². The number of ether oxygens (including phenoxy) is 1. The molecule has 1 unspecified atom stereocenters. The summed E-state index contributed by atoms with van der Waals surface area (Å²) < 4.78 is 20.3. The molecular weight excluding hydrogens is 301 g/mol. The average Bonchev–Trinajstić information content (AvgIpc) is 2.69. The van der Waals surface area contributed by atoms with Crippen LogP contribution in [0.3, 0.4) is 0 Å². The van der Waals surface area contributed by atoms with Crippen molar-refractivity contribution in [2.75, 3.05) is 26.3 Å². The van der Waals surface area contributed by atoms with Gasteiger partial charge in [-0.25, -0.2) is 4.39 Å². The monoisotopic (exact) mass is 315 g/mol. The predicted molar refractivity (Wildman–Crippen MR) is 68.8 cm³/mol. The molecule has 0 radical (unpaired) electrons. The Balaban J connectivity index is 1.98. The normalized spacial score (nSPS) is 27.2. The van der Waals surface area contributed by atoms with Crippen molar-refractivity contribution in [3.05, 3.63) is 34.1 Å². The van der Waals surface area contributed by atoms with E-state index in [2.05, 4.69) is 20.8 Å². The van der Waals surface area contributed by atoms with Gasteiger partial charge in [0.2, 0.25) is 0 Å². The molecule has 2 heterocycles. The highest BCUT2D eigenvalue weighted by Gasteiger charge is 2.49. The number of aliphatic hydroxyl groups excluding tert-OH is 1. The second-order valence-corrected chi connectivity index (χ2v) is 5.95. The molecule has 18 heavy (non-hydrogen) atoms. The third-order valence-corrected chi connectivity index (χ3v) is 4.37. The van der Waals surface area contributed by atoms with Gasteiger partial charge in [-0.3, -0.25) is 4.90 Å². The minimum absolute atomic E-state index is 0.206. The molecule has 0 spiro atoms. The van der Waals surface area contributed by atoms with E-state index in [1.54, 1.807) is 6.07 Å². The molecular formula is C13H15BrFNO2. The maximum atomic E-state index is 14.1. The number of halogens is 2. The number of benzene rings is 1. The van der Waals surface area contributed by atoms with Gasteiger partial charge in [0.25, 0.3) is 0 Å². The molecule has 5 heteroatoms. The molecule has 3 nitrogen and oxygen atoms in total. The van der Waals surface area contributed by atoms with Crippen molar-refractivity contribution < 1.29 is 14.2 Å². The molecule has 0 aromatic heterocycles. The van der Waals surface area contributed by atoms with Crippen LogP contribution in [-0.4, -0.2) is 42.4 Å². The minimum atomic E-state index is -0.397. The van der Waals surface area contributed by atoms with E-state index >= 15 is 0 Å². The molecule has 2 aliphatic heterocycles. The lowest BCUT2D eigenvalue weighted by Crippen LogP contribution is -2.59. The van der Waals surface area contributed by atoms with Crippen molar-refractivity contribution in [1.82, 2.24) is 4.90 Å². The smallest absolute Gasteiger partial charge is 0.128 e. The van der Waals surface area contributed by atoms with Gasteiger partial charge in [-0.2, -0.15) is 0 Å². The van der Waals surface area contributed by atoms with E-state index in [0.29, 0.717) is 25.3 Å². The van der Waals surface area contributed by atoms with Gasteiger partial charge in [0.15, 0.2) is 0 Å². The van der Waals surface area contributed by atoms with Gasteiger partial charge in [0, 0.05) is 23.1 Å².